The molecule has 0 aliphatic rings. The maximum Gasteiger partial charge on any atom is 0.298 e. The van der Waals surface area contributed by atoms with E-state index in [9.17, 15) is 0 Å². The fourth-order valence-corrected chi connectivity index (χ4v) is 1.56. The highest BCUT2D eigenvalue weighted by Crippen LogP contribution is 2.22. The van der Waals surface area contributed by atoms with Crippen molar-refractivity contribution >= 4 is 22.8 Å². The van der Waals surface area contributed by atoms with E-state index in [0.717, 1.165) is 5.52 Å². The van der Waals surface area contributed by atoms with Crippen molar-refractivity contribution < 1.29 is 14.3 Å². The largest absolute Gasteiger partial charge is 0.423 e. The zero-order valence-corrected chi connectivity index (χ0v) is 10.3. The number of benzene rings is 1. The standard InChI is InChI=1S/C12H17N3O3/c1-15(4-6-17-7-5-16)12-14-10-8-9(13)2-3-11(10)18-12/h2-3,8,16H,4-7,13H2,1H3. The van der Waals surface area contributed by atoms with Crippen molar-refractivity contribution in [1.82, 2.24) is 4.98 Å². The van der Waals surface area contributed by atoms with Crippen molar-refractivity contribution in [3.63, 3.8) is 0 Å². The highest BCUT2D eigenvalue weighted by atomic mass is 16.5. The summed E-state index contributed by atoms with van der Waals surface area (Å²) in [6, 6.07) is 5.89. The Balaban J connectivity index is 2.01. The molecule has 0 saturated carbocycles. The second kappa shape index (κ2) is 5.70. The number of aromatic nitrogens is 1. The smallest absolute Gasteiger partial charge is 0.298 e. The molecule has 1 heterocycles. The predicted molar refractivity (Wildman–Crippen MR) is 69.6 cm³/mol. The molecule has 0 fully saturated rings. The van der Waals surface area contributed by atoms with Gasteiger partial charge in [-0.1, -0.05) is 0 Å². The number of ether oxygens (including phenoxy) is 1. The van der Waals surface area contributed by atoms with Crippen LogP contribution in [0.4, 0.5) is 11.7 Å². The predicted octanol–water partition coefficient (Wildman–Crippen LogP) is 0.855. The number of nitrogen functional groups attached to an aromatic ring is 1. The third-order valence-corrected chi connectivity index (χ3v) is 2.53. The van der Waals surface area contributed by atoms with Crippen molar-refractivity contribution in [2.45, 2.75) is 0 Å². The Bertz CT molecular complexity index is 512. The van der Waals surface area contributed by atoms with Crippen LogP contribution in [0.3, 0.4) is 0 Å². The molecule has 0 saturated heterocycles. The second-order valence-corrected chi connectivity index (χ2v) is 3.98. The van der Waals surface area contributed by atoms with Gasteiger partial charge in [-0.3, -0.25) is 0 Å². The molecular formula is C12H17N3O3. The highest BCUT2D eigenvalue weighted by molar-refractivity contribution is 5.78. The average molecular weight is 251 g/mol. The lowest BCUT2D eigenvalue weighted by molar-refractivity contribution is 0.0967. The molecule has 1 aromatic heterocycles. The topological polar surface area (TPSA) is 84.8 Å². The molecule has 1 aromatic carbocycles. The van der Waals surface area contributed by atoms with Gasteiger partial charge in [0.15, 0.2) is 5.58 Å². The minimum Gasteiger partial charge on any atom is -0.423 e. The number of hydrogen-bond donors (Lipinski definition) is 2. The fraction of sp³-hybridized carbons (Fsp3) is 0.417. The van der Waals surface area contributed by atoms with Gasteiger partial charge in [0.05, 0.1) is 19.8 Å². The minimum absolute atomic E-state index is 0.0336. The van der Waals surface area contributed by atoms with Crippen molar-refractivity contribution in [2.24, 2.45) is 0 Å². The highest BCUT2D eigenvalue weighted by Gasteiger charge is 2.10. The van der Waals surface area contributed by atoms with E-state index in [1.54, 1.807) is 18.2 Å². The first-order chi connectivity index (χ1) is 8.70. The lowest BCUT2D eigenvalue weighted by atomic mass is 10.3. The summed E-state index contributed by atoms with van der Waals surface area (Å²) in [5, 5.41) is 8.59. The van der Waals surface area contributed by atoms with Gasteiger partial charge in [-0.15, -0.1) is 0 Å². The summed E-state index contributed by atoms with van der Waals surface area (Å²) in [6.07, 6.45) is 0. The maximum atomic E-state index is 8.59. The third-order valence-electron chi connectivity index (χ3n) is 2.53. The summed E-state index contributed by atoms with van der Waals surface area (Å²) in [6.45, 7) is 1.53. The lowest BCUT2D eigenvalue weighted by Gasteiger charge is -2.13. The summed E-state index contributed by atoms with van der Waals surface area (Å²) in [5.74, 6) is 0. The Labute approximate surface area is 105 Å². The number of anilines is 2. The van der Waals surface area contributed by atoms with E-state index in [1.807, 2.05) is 11.9 Å². The van der Waals surface area contributed by atoms with Crippen LogP contribution in [0.25, 0.3) is 11.1 Å². The maximum absolute atomic E-state index is 8.59. The summed E-state index contributed by atoms with van der Waals surface area (Å²) >= 11 is 0. The number of aliphatic hydroxyl groups excluding tert-OH is 1. The van der Waals surface area contributed by atoms with Crippen LogP contribution in [-0.4, -0.2) is 43.5 Å². The first kappa shape index (κ1) is 12.7. The van der Waals surface area contributed by atoms with Crippen molar-refractivity contribution in [3.8, 4) is 0 Å². The zero-order chi connectivity index (χ0) is 13.0. The van der Waals surface area contributed by atoms with Crippen molar-refractivity contribution in [2.75, 3.05) is 44.0 Å². The number of aliphatic hydroxyl groups is 1. The number of hydrogen-bond acceptors (Lipinski definition) is 6. The first-order valence-corrected chi connectivity index (χ1v) is 5.76. The van der Waals surface area contributed by atoms with Crippen LogP contribution in [0.1, 0.15) is 0 Å². The molecule has 0 aliphatic heterocycles. The fourth-order valence-electron chi connectivity index (χ4n) is 1.56. The monoisotopic (exact) mass is 251 g/mol. The third kappa shape index (κ3) is 2.91. The van der Waals surface area contributed by atoms with Crippen LogP contribution >= 0.6 is 0 Å². The second-order valence-electron chi connectivity index (χ2n) is 3.98. The summed E-state index contributed by atoms with van der Waals surface area (Å²) in [4.78, 5) is 6.20. The quantitative estimate of drug-likeness (QED) is 0.585. The van der Waals surface area contributed by atoms with Gasteiger partial charge in [0.25, 0.3) is 6.01 Å². The number of nitrogens with zero attached hydrogens (tertiary/aromatic N) is 2. The van der Waals surface area contributed by atoms with Gasteiger partial charge < -0.3 is 24.9 Å². The average Bonchev–Trinajstić information content (AvgIpc) is 2.77. The Morgan fingerprint density at radius 2 is 2.28 bits per heavy atom. The molecular weight excluding hydrogens is 234 g/mol. The Morgan fingerprint density at radius 1 is 1.44 bits per heavy atom. The van der Waals surface area contributed by atoms with Gasteiger partial charge in [-0.25, -0.2) is 0 Å². The number of oxazole rings is 1. The Morgan fingerprint density at radius 3 is 3.06 bits per heavy atom. The van der Waals surface area contributed by atoms with Gasteiger partial charge in [0, 0.05) is 19.3 Å². The number of likely N-dealkylation sites (N-methyl/N-ethyl adjacent to an activating group) is 1. The van der Waals surface area contributed by atoms with E-state index in [1.165, 1.54) is 0 Å². The summed E-state index contributed by atoms with van der Waals surface area (Å²) in [5.41, 5.74) is 7.80. The normalized spacial score (nSPS) is 11.0. The van der Waals surface area contributed by atoms with E-state index >= 15 is 0 Å². The molecule has 0 radical (unpaired) electrons. The summed E-state index contributed by atoms with van der Waals surface area (Å²) < 4.78 is 10.8. The zero-order valence-electron chi connectivity index (χ0n) is 10.3. The van der Waals surface area contributed by atoms with E-state index in [0.29, 0.717) is 37.0 Å². The van der Waals surface area contributed by atoms with E-state index in [-0.39, 0.29) is 6.61 Å². The van der Waals surface area contributed by atoms with Crippen molar-refractivity contribution in [1.29, 1.82) is 0 Å². The van der Waals surface area contributed by atoms with E-state index in [4.69, 9.17) is 20.0 Å². The van der Waals surface area contributed by atoms with E-state index < -0.39 is 0 Å². The molecule has 2 aromatic rings. The first-order valence-electron chi connectivity index (χ1n) is 5.76. The van der Waals surface area contributed by atoms with Crippen LogP contribution in [0, 0.1) is 0 Å². The SMILES string of the molecule is CN(CCOCCO)c1nc2cc(N)ccc2o1. The van der Waals surface area contributed by atoms with E-state index in [2.05, 4.69) is 4.98 Å². The molecule has 0 spiro atoms. The molecule has 0 bridgehead atoms. The Hall–Kier alpha value is -1.79. The van der Waals surface area contributed by atoms with Gasteiger partial charge >= 0.3 is 0 Å². The summed E-state index contributed by atoms with van der Waals surface area (Å²) in [7, 11) is 1.87. The molecule has 0 unspecified atom stereocenters. The molecule has 3 N–H and O–H groups in total. The van der Waals surface area contributed by atoms with Crippen LogP contribution < -0.4 is 10.6 Å². The molecule has 0 atom stereocenters. The van der Waals surface area contributed by atoms with Gasteiger partial charge in [0.1, 0.15) is 5.52 Å². The number of fused-ring (bicyclic) bond motifs is 1. The molecule has 6 nitrogen and oxygen atoms in total. The Kier molecular flexibility index (Phi) is 4.01. The minimum atomic E-state index is 0.0336. The lowest BCUT2D eigenvalue weighted by Crippen LogP contribution is -2.23. The molecule has 2 rings (SSSR count). The van der Waals surface area contributed by atoms with Crippen LogP contribution in [0.2, 0.25) is 0 Å². The molecule has 6 heteroatoms. The number of nitrogens with two attached hydrogens (primary N) is 1. The van der Waals surface area contributed by atoms with Gasteiger partial charge in [-0.05, 0) is 18.2 Å². The molecule has 0 aliphatic carbocycles. The molecule has 18 heavy (non-hydrogen) atoms. The molecule has 98 valence electrons. The van der Waals surface area contributed by atoms with Crippen LogP contribution in [-0.2, 0) is 4.74 Å². The van der Waals surface area contributed by atoms with Crippen molar-refractivity contribution in [3.05, 3.63) is 18.2 Å². The number of rotatable bonds is 6. The molecule has 0 amide bonds. The van der Waals surface area contributed by atoms with Gasteiger partial charge in [-0.2, -0.15) is 4.98 Å². The van der Waals surface area contributed by atoms with Crippen LogP contribution in [0.5, 0.6) is 0 Å². The van der Waals surface area contributed by atoms with Gasteiger partial charge in [0.2, 0.25) is 0 Å². The van der Waals surface area contributed by atoms with Crippen LogP contribution in [0.15, 0.2) is 22.6 Å².